The van der Waals surface area contributed by atoms with E-state index in [-0.39, 0.29) is 5.78 Å². The van der Waals surface area contributed by atoms with E-state index < -0.39 is 11.7 Å². The minimum atomic E-state index is -4.39. The minimum Gasteiger partial charge on any atom is -0.293 e. The number of hydrogen-bond donors (Lipinski definition) is 0. The van der Waals surface area contributed by atoms with Crippen LogP contribution in [0, 0.1) is 0 Å². The summed E-state index contributed by atoms with van der Waals surface area (Å²) in [5.74, 6) is -0.144. The highest BCUT2D eigenvalue weighted by atomic mass is 32.2. The van der Waals surface area contributed by atoms with Crippen LogP contribution in [-0.2, 0) is 6.18 Å². The molecule has 0 radical (unpaired) electrons. The number of aromatic nitrogens is 2. The first-order valence-corrected chi connectivity index (χ1v) is 6.36. The molecular formula is C13H9F3N2OS. The van der Waals surface area contributed by atoms with E-state index in [4.69, 9.17) is 0 Å². The van der Waals surface area contributed by atoms with Crippen LogP contribution in [0.3, 0.4) is 0 Å². The molecular weight excluding hydrogens is 289 g/mol. The number of ketones is 1. The van der Waals surface area contributed by atoms with Crippen LogP contribution in [0.25, 0.3) is 0 Å². The van der Waals surface area contributed by atoms with Crippen molar-refractivity contribution in [2.75, 3.05) is 0 Å². The van der Waals surface area contributed by atoms with Gasteiger partial charge in [0.2, 0.25) is 0 Å². The molecule has 0 unspecified atom stereocenters. The van der Waals surface area contributed by atoms with Gasteiger partial charge in [-0.15, -0.1) is 0 Å². The van der Waals surface area contributed by atoms with Gasteiger partial charge in [-0.25, -0.2) is 4.98 Å². The van der Waals surface area contributed by atoms with E-state index in [1.54, 1.807) is 12.1 Å². The second-order valence-electron chi connectivity index (χ2n) is 3.92. The number of carbonyl (C=O) groups excluding carboxylic acids is 1. The average molecular weight is 298 g/mol. The molecule has 3 nitrogen and oxygen atoms in total. The quantitative estimate of drug-likeness (QED) is 0.807. The molecule has 2 aromatic heterocycles. The molecule has 0 saturated heterocycles. The standard InChI is InChI=1S/C13H9F3N2OS/c1-8(19)11-4-3-10(7-17-11)20-12-5-2-9(6-18-12)13(14,15)16/h2-7H,1H3. The normalized spacial score (nSPS) is 11.4. The van der Waals surface area contributed by atoms with Gasteiger partial charge in [0.15, 0.2) is 5.78 Å². The Kier molecular flexibility index (Phi) is 4.08. The van der Waals surface area contributed by atoms with E-state index in [0.29, 0.717) is 15.6 Å². The number of alkyl halides is 3. The number of nitrogens with zero attached hydrogens (tertiary/aromatic N) is 2. The van der Waals surface area contributed by atoms with E-state index in [9.17, 15) is 18.0 Å². The van der Waals surface area contributed by atoms with Crippen LogP contribution < -0.4 is 0 Å². The van der Waals surface area contributed by atoms with Gasteiger partial charge in [-0.1, -0.05) is 11.8 Å². The number of pyridine rings is 2. The molecule has 0 fully saturated rings. The summed E-state index contributed by atoms with van der Waals surface area (Å²) in [6, 6.07) is 5.52. The second-order valence-corrected chi connectivity index (χ2v) is 5.01. The fourth-order valence-electron chi connectivity index (χ4n) is 1.38. The highest BCUT2D eigenvalue weighted by molar-refractivity contribution is 7.99. The molecule has 2 rings (SSSR count). The largest absolute Gasteiger partial charge is 0.417 e. The predicted molar refractivity (Wildman–Crippen MR) is 67.6 cm³/mol. The molecule has 0 aliphatic carbocycles. The lowest BCUT2D eigenvalue weighted by atomic mass is 10.3. The van der Waals surface area contributed by atoms with Crippen molar-refractivity contribution in [1.29, 1.82) is 0 Å². The van der Waals surface area contributed by atoms with E-state index >= 15 is 0 Å². The molecule has 0 aliphatic heterocycles. The first kappa shape index (κ1) is 14.5. The third kappa shape index (κ3) is 3.57. The van der Waals surface area contributed by atoms with Gasteiger partial charge in [-0.2, -0.15) is 13.2 Å². The summed E-state index contributed by atoms with van der Waals surface area (Å²) >= 11 is 1.18. The summed E-state index contributed by atoms with van der Waals surface area (Å²) in [6.45, 7) is 1.41. The molecule has 0 N–H and O–H groups in total. The Morgan fingerprint density at radius 3 is 2.30 bits per heavy atom. The van der Waals surface area contributed by atoms with Crippen molar-refractivity contribution in [2.24, 2.45) is 0 Å². The summed E-state index contributed by atoms with van der Waals surface area (Å²) in [4.78, 5) is 19.5. The number of carbonyl (C=O) groups is 1. The smallest absolute Gasteiger partial charge is 0.293 e. The van der Waals surface area contributed by atoms with Crippen molar-refractivity contribution >= 4 is 17.5 Å². The minimum absolute atomic E-state index is 0.144. The van der Waals surface area contributed by atoms with E-state index in [0.717, 1.165) is 12.3 Å². The zero-order valence-corrected chi connectivity index (χ0v) is 11.1. The fraction of sp³-hybridized carbons (Fsp3) is 0.154. The van der Waals surface area contributed by atoms with Crippen LogP contribution in [0.1, 0.15) is 23.0 Å². The highest BCUT2D eigenvalue weighted by Crippen LogP contribution is 2.31. The number of Topliss-reactive ketones (excluding diaryl/α,β-unsaturated/α-hetero) is 1. The Morgan fingerprint density at radius 1 is 1.10 bits per heavy atom. The van der Waals surface area contributed by atoms with E-state index in [1.165, 1.54) is 30.9 Å². The molecule has 0 saturated carbocycles. The summed E-state index contributed by atoms with van der Waals surface area (Å²) in [5.41, 5.74) is -0.443. The molecule has 20 heavy (non-hydrogen) atoms. The van der Waals surface area contributed by atoms with Crippen LogP contribution in [0.4, 0.5) is 13.2 Å². The van der Waals surface area contributed by atoms with Crippen LogP contribution >= 0.6 is 11.8 Å². The molecule has 0 amide bonds. The van der Waals surface area contributed by atoms with Gasteiger partial charge in [-0.3, -0.25) is 9.78 Å². The number of halogens is 3. The van der Waals surface area contributed by atoms with Gasteiger partial charge in [0.1, 0.15) is 10.7 Å². The van der Waals surface area contributed by atoms with Crippen molar-refractivity contribution in [3.8, 4) is 0 Å². The van der Waals surface area contributed by atoms with Gasteiger partial charge in [0.25, 0.3) is 0 Å². The Labute approximate surface area is 117 Å². The Morgan fingerprint density at radius 2 is 1.85 bits per heavy atom. The van der Waals surface area contributed by atoms with Crippen molar-refractivity contribution in [2.45, 2.75) is 23.0 Å². The third-order valence-corrected chi connectivity index (χ3v) is 3.31. The van der Waals surface area contributed by atoms with Gasteiger partial charge in [0.05, 0.1) is 5.56 Å². The van der Waals surface area contributed by atoms with Crippen molar-refractivity contribution < 1.29 is 18.0 Å². The predicted octanol–water partition coefficient (Wildman–Crippen LogP) is 3.85. The lowest BCUT2D eigenvalue weighted by Crippen LogP contribution is -2.05. The molecule has 0 spiro atoms. The first-order chi connectivity index (χ1) is 9.36. The zero-order chi connectivity index (χ0) is 14.8. The zero-order valence-electron chi connectivity index (χ0n) is 10.3. The van der Waals surface area contributed by atoms with E-state index in [1.807, 2.05) is 0 Å². The average Bonchev–Trinajstić information content (AvgIpc) is 2.39. The van der Waals surface area contributed by atoms with Crippen LogP contribution in [0.5, 0.6) is 0 Å². The summed E-state index contributed by atoms with van der Waals surface area (Å²) in [7, 11) is 0. The molecule has 0 aliphatic rings. The van der Waals surface area contributed by atoms with Crippen molar-refractivity contribution in [3.05, 3.63) is 47.9 Å². The lowest BCUT2D eigenvalue weighted by Gasteiger charge is -2.06. The van der Waals surface area contributed by atoms with E-state index in [2.05, 4.69) is 9.97 Å². The first-order valence-electron chi connectivity index (χ1n) is 5.54. The molecule has 0 atom stereocenters. The third-order valence-electron chi connectivity index (χ3n) is 2.38. The molecule has 2 heterocycles. The van der Waals surface area contributed by atoms with Crippen molar-refractivity contribution in [3.63, 3.8) is 0 Å². The maximum atomic E-state index is 12.4. The lowest BCUT2D eigenvalue weighted by molar-refractivity contribution is -0.137. The maximum Gasteiger partial charge on any atom is 0.417 e. The Hall–Kier alpha value is -1.89. The summed E-state index contributed by atoms with van der Waals surface area (Å²) < 4.78 is 37.1. The number of rotatable bonds is 3. The SMILES string of the molecule is CC(=O)c1ccc(Sc2ccc(C(F)(F)F)cn2)cn1. The molecule has 2 aromatic rings. The molecule has 7 heteroatoms. The number of hydrogen-bond acceptors (Lipinski definition) is 4. The van der Waals surface area contributed by atoms with Crippen LogP contribution in [-0.4, -0.2) is 15.8 Å². The second kappa shape index (κ2) is 5.62. The monoisotopic (exact) mass is 298 g/mol. The Bertz CT molecular complexity index is 609. The van der Waals surface area contributed by atoms with Crippen LogP contribution in [0.15, 0.2) is 46.6 Å². The molecule has 0 bridgehead atoms. The highest BCUT2D eigenvalue weighted by Gasteiger charge is 2.30. The van der Waals surface area contributed by atoms with Crippen LogP contribution in [0.2, 0.25) is 0 Å². The molecule has 0 aromatic carbocycles. The van der Waals surface area contributed by atoms with Gasteiger partial charge in [-0.05, 0) is 24.3 Å². The summed E-state index contributed by atoms with van der Waals surface area (Å²) in [6.07, 6.45) is -2.11. The van der Waals surface area contributed by atoms with Crippen molar-refractivity contribution in [1.82, 2.24) is 9.97 Å². The topological polar surface area (TPSA) is 42.9 Å². The van der Waals surface area contributed by atoms with Gasteiger partial charge in [0, 0.05) is 24.2 Å². The fourth-order valence-corrected chi connectivity index (χ4v) is 2.10. The molecule has 104 valence electrons. The van der Waals surface area contributed by atoms with Gasteiger partial charge < -0.3 is 0 Å². The maximum absolute atomic E-state index is 12.4. The van der Waals surface area contributed by atoms with Gasteiger partial charge >= 0.3 is 6.18 Å². The summed E-state index contributed by atoms with van der Waals surface area (Å²) in [5, 5.41) is 0.426. The Balaban J connectivity index is 2.12.